The first-order valence-electron chi connectivity index (χ1n) is 1.64. The van der Waals surface area contributed by atoms with Crippen molar-refractivity contribution in [2.45, 2.75) is 19.2 Å². The molecule has 0 spiro atoms. The van der Waals surface area contributed by atoms with Crippen molar-refractivity contribution in [3.05, 3.63) is 0 Å². The second-order valence-corrected chi connectivity index (χ2v) is 1.32. The molecule has 0 aromatic heterocycles. The molecule has 0 aromatic carbocycles. The fourth-order valence-corrected chi connectivity index (χ4v) is 0. The quantitative estimate of drug-likeness (QED) is 0.537. The first kappa shape index (κ1) is 6.75. The van der Waals surface area contributed by atoms with Gasteiger partial charge in [0.25, 0.3) is 12.3 Å². The van der Waals surface area contributed by atoms with Crippen molar-refractivity contribution in [1.82, 2.24) is 0 Å². The second kappa shape index (κ2) is 1.69. The predicted molar refractivity (Wildman–Crippen MR) is 17.7 cm³/mol. The molecular weight excluding hydrogens is 109 g/mol. The van der Waals surface area contributed by atoms with Crippen molar-refractivity contribution in [2.24, 2.45) is 0 Å². The maximum absolute atomic E-state index is 11.3. The number of aliphatic hydroxyl groups is 1. The lowest BCUT2D eigenvalue weighted by atomic mass is 10.4. The molecule has 0 aliphatic heterocycles. The molecule has 0 fully saturated rings. The summed E-state index contributed by atoms with van der Waals surface area (Å²) in [6.07, 6.45) is -3.31. The van der Waals surface area contributed by atoms with Gasteiger partial charge in [-0.15, -0.1) is 0 Å². The van der Waals surface area contributed by atoms with Crippen molar-refractivity contribution < 1.29 is 18.3 Å². The Morgan fingerprint density at radius 3 is 1.71 bits per heavy atom. The van der Waals surface area contributed by atoms with E-state index in [4.69, 9.17) is 5.11 Å². The van der Waals surface area contributed by atoms with Gasteiger partial charge in [-0.2, -0.15) is 0 Å². The smallest absolute Gasteiger partial charge is 0.295 e. The van der Waals surface area contributed by atoms with Crippen LogP contribution in [0.5, 0.6) is 0 Å². The molecule has 0 aliphatic rings. The minimum atomic E-state index is -3.33. The number of halogens is 3. The summed E-state index contributed by atoms with van der Waals surface area (Å²) >= 11 is 0. The van der Waals surface area contributed by atoms with Crippen molar-refractivity contribution in [3.8, 4) is 0 Å². The van der Waals surface area contributed by atoms with Gasteiger partial charge < -0.3 is 5.11 Å². The maximum atomic E-state index is 11.3. The van der Waals surface area contributed by atoms with Crippen LogP contribution < -0.4 is 0 Å². The Kier molecular flexibility index (Phi) is 1.63. The van der Waals surface area contributed by atoms with Crippen LogP contribution in [0.3, 0.4) is 0 Å². The Labute approximate surface area is 38.8 Å². The van der Waals surface area contributed by atoms with Gasteiger partial charge in [-0.25, -0.2) is 13.2 Å². The van der Waals surface area contributed by atoms with E-state index in [1.54, 1.807) is 0 Å². The number of hydrogen-bond donors (Lipinski definition) is 1. The molecule has 0 amide bonds. The van der Waals surface area contributed by atoms with Crippen LogP contribution in [0.2, 0.25) is 0 Å². The molecule has 0 heterocycles. The fourth-order valence-electron chi connectivity index (χ4n) is 0. The minimum absolute atomic E-state index is 0.400. The summed E-state index contributed by atoms with van der Waals surface area (Å²) < 4.78 is 33.2. The van der Waals surface area contributed by atoms with Gasteiger partial charge in [0.15, 0.2) is 0 Å². The zero-order valence-electron chi connectivity index (χ0n) is 3.66. The van der Waals surface area contributed by atoms with Gasteiger partial charge in [0.1, 0.15) is 0 Å². The molecule has 0 rings (SSSR count). The van der Waals surface area contributed by atoms with E-state index >= 15 is 0 Å². The molecule has 7 heavy (non-hydrogen) atoms. The van der Waals surface area contributed by atoms with Gasteiger partial charge in [-0.05, 0) is 0 Å². The SMILES string of the molecule is CC(O)(F)C(F)F. The molecule has 1 atom stereocenters. The summed E-state index contributed by atoms with van der Waals surface area (Å²) in [6.45, 7) is 0.400. The standard InChI is InChI=1S/C3H5F3O/c1-3(6,7)2(4)5/h2,7H,1H3. The normalized spacial score (nSPS) is 19.7. The first-order chi connectivity index (χ1) is 2.94. The zero-order valence-corrected chi connectivity index (χ0v) is 3.66. The summed E-state index contributed by atoms with van der Waals surface area (Å²) in [7, 11) is 0. The average Bonchev–Trinajstić information content (AvgIpc) is 1.31. The highest BCUT2D eigenvalue weighted by Gasteiger charge is 2.30. The van der Waals surface area contributed by atoms with E-state index in [0.717, 1.165) is 0 Å². The van der Waals surface area contributed by atoms with Crippen molar-refractivity contribution in [2.75, 3.05) is 0 Å². The summed E-state index contributed by atoms with van der Waals surface area (Å²) in [4.78, 5) is 0. The van der Waals surface area contributed by atoms with E-state index in [0.29, 0.717) is 6.92 Å². The summed E-state index contributed by atoms with van der Waals surface area (Å²) in [5.41, 5.74) is 0. The van der Waals surface area contributed by atoms with Gasteiger partial charge in [-0.3, -0.25) is 0 Å². The Morgan fingerprint density at radius 2 is 1.71 bits per heavy atom. The van der Waals surface area contributed by atoms with Gasteiger partial charge in [0.05, 0.1) is 0 Å². The Morgan fingerprint density at radius 1 is 1.57 bits per heavy atom. The molecule has 4 heteroatoms. The van der Waals surface area contributed by atoms with Gasteiger partial charge in [0.2, 0.25) is 0 Å². The highest BCUT2D eigenvalue weighted by atomic mass is 19.3. The molecule has 0 saturated carbocycles. The molecule has 0 aliphatic carbocycles. The van der Waals surface area contributed by atoms with Crippen LogP contribution >= 0.6 is 0 Å². The molecule has 0 aromatic rings. The molecule has 1 N–H and O–H groups in total. The summed E-state index contributed by atoms with van der Waals surface area (Å²) in [5.74, 6) is -3.33. The largest absolute Gasteiger partial charge is 0.358 e. The lowest BCUT2D eigenvalue weighted by Gasteiger charge is -2.08. The fraction of sp³-hybridized carbons (Fsp3) is 1.00. The van der Waals surface area contributed by atoms with Crippen LogP contribution in [0.25, 0.3) is 0 Å². The van der Waals surface area contributed by atoms with E-state index in [1.165, 1.54) is 0 Å². The molecule has 0 radical (unpaired) electrons. The van der Waals surface area contributed by atoms with E-state index in [1.807, 2.05) is 0 Å². The zero-order chi connectivity index (χ0) is 6.08. The Hall–Kier alpha value is -0.250. The van der Waals surface area contributed by atoms with Crippen molar-refractivity contribution in [3.63, 3.8) is 0 Å². The summed E-state index contributed by atoms with van der Waals surface area (Å²) in [5, 5.41) is 7.68. The Balaban J connectivity index is 3.54. The lowest BCUT2D eigenvalue weighted by Crippen LogP contribution is -2.26. The van der Waals surface area contributed by atoms with E-state index in [-0.39, 0.29) is 0 Å². The molecular formula is C3H5F3O. The molecule has 0 saturated heterocycles. The third-order valence-electron chi connectivity index (χ3n) is 0.398. The first-order valence-corrected chi connectivity index (χ1v) is 1.64. The van der Waals surface area contributed by atoms with Crippen LogP contribution in [0.15, 0.2) is 0 Å². The molecule has 1 nitrogen and oxygen atoms in total. The van der Waals surface area contributed by atoms with Crippen molar-refractivity contribution in [1.29, 1.82) is 0 Å². The average molecular weight is 114 g/mol. The van der Waals surface area contributed by atoms with E-state index < -0.39 is 12.3 Å². The van der Waals surface area contributed by atoms with Gasteiger partial charge in [-0.1, -0.05) is 0 Å². The highest BCUT2D eigenvalue weighted by Crippen LogP contribution is 2.14. The topological polar surface area (TPSA) is 20.2 Å². The van der Waals surface area contributed by atoms with E-state index in [9.17, 15) is 13.2 Å². The highest BCUT2D eigenvalue weighted by molar-refractivity contribution is 4.57. The van der Waals surface area contributed by atoms with Crippen LogP contribution in [0.4, 0.5) is 13.2 Å². The van der Waals surface area contributed by atoms with Crippen LogP contribution in [0, 0.1) is 0 Å². The van der Waals surface area contributed by atoms with E-state index in [2.05, 4.69) is 0 Å². The second-order valence-electron chi connectivity index (χ2n) is 1.32. The molecule has 0 bridgehead atoms. The third-order valence-corrected chi connectivity index (χ3v) is 0.398. The summed E-state index contributed by atoms with van der Waals surface area (Å²) in [6, 6.07) is 0. The van der Waals surface area contributed by atoms with Crippen molar-refractivity contribution >= 4 is 0 Å². The molecule has 1 unspecified atom stereocenters. The number of alkyl halides is 3. The number of hydrogen-bond acceptors (Lipinski definition) is 1. The van der Waals surface area contributed by atoms with Gasteiger partial charge in [0, 0.05) is 6.92 Å². The van der Waals surface area contributed by atoms with Crippen LogP contribution in [0.1, 0.15) is 6.92 Å². The predicted octanol–water partition coefficient (Wildman–Crippen LogP) is 0.929. The van der Waals surface area contributed by atoms with Gasteiger partial charge >= 0.3 is 0 Å². The third kappa shape index (κ3) is 2.45. The maximum Gasteiger partial charge on any atom is 0.295 e. The number of rotatable bonds is 1. The van der Waals surface area contributed by atoms with Crippen LogP contribution in [-0.2, 0) is 0 Å². The van der Waals surface area contributed by atoms with Crippen LogP contribution in [-0.4, -0.2) is 17.4 Å². The molecule has 44 valence electrons. The monoisotopic (exact) mass is 114 g/mol. The minimum Gasteiger partial charge on any atom is -0.358 e. The Bertz CT molecular complexity index is 55.7. The lowest BCUT2D eigenvalue weighted by molar-refractivity contribution is -0.172.